The highest BCUT2D eigenvalue weighted by atomic mass is 32.2. The number of amides is 1. The van der Waals surface area contributed by atoms with Crippen molar-refractivity contribution in [2.45, 2.75) is 5.03 Å². The molecule has 0 spiro atoms. The van der Waals surface area contributed by atoms with Crippen LogP contribution in [0.1, 0.15) is 0 Å². The number of carbonyl (C=O) groups excluding carboxylic acids is 1. The van der Waals surface area contributed by atoms with E-state index in [1.54, 1.807) is 35.8 Å². The monoisotopic (exact) mass is 346 g/mol. The molecule has 1 amide bonds. The summed E-state index contributed by atoms with van der Waals surface area (Å²) < 4.78 is 12.9. The fraction of sp³-hybridized carbons (Fsp3) is 0.0667. The molecular weight excluding hydrogens is 335 g/mol. The van der Waals surface area contributed by atoms with Gasteiger partial charge in [-0.25, -0.2) is 9.37 Å². The van der Waals surface area contributed by atoms with Crippen LogP contribution >= 0.6 is 23.1 Å². The second-order valence-corrected chi connectivity index (χ2v) is 6.33. The van der Waals surface area contributed by atoms with Crippen molar-refractivity contribution in [3.05, 3.63) is 53.8 Å². The van der Waals surface area contributed by atoms with Crippen molar-refractivity contribution in [1.29, 1.82) is 0 Å². The van der Waals surface area contributed by atoms with Crippen molar-refractivity contribution in [3.8, 4) is 11.3 Å². The van der Waals surface area contributed by atoms with Crippen molar-refractivity contribution < 1.29 is 9.18 Å². The fourth-order valence-electron chi connectivity index (χ4n) is 1.75. The van der Waals surface area contributed by atoms with Gasteiger partial charge in [0.2, 0.25) is 5.91 Å². The van der Waals surface area contributed by atoms with Crippen molar-refractivity contribution >= 4 is 34.1 Å². The van der Waals surface area contributed by atoms with Crippen LogP contribution in [-0.2, 0) is 4.79 Å². The second kappa shape index (κ2) is 7.30. The largest absolute Gasteiger partial charge is 0.301 e. The Kier molecular flexibility index (Phi) is 4.94. The maximum atomic E-state index is 12.9. The quantitative estimate of drug-likeness (QED) is 0.717. The molecule has 0 radical (unpaired) electrons. The zero-order chi connectivity index (χ0) is 16.1. The molecule has 3 rings (SSSR count). The van der Waals surface area contributed by atoms with Crippen LogP contribution in [0.5, 0.6) is 0 Å². The summed E-state index contributed by atoms with van der Waals surface area (Å²) in [5, 5.41) is 13.9. The Labute approximate surface area is 140 Å². The predicted molar refractivity (Wildman–Crippen MR) is 88.9 cm³/mol. The normalized spacial score (nSPS) is 10.5. The number of hydrogen-bond donors (Lipinski definition) is 1. The van der Waals surface area contributed by atoms with Crippen LogP contribution in [0.2, 0.25) is 0 Å². The standard InChI is InChI=1S/C15H11FN4OS2/c16-11-3-1-10(2-4-11)12-5-6-14(20-19-12)23-9-13(21)18-15-17-7-8-22-15/h1-8H,9H2,(H,17,18,21). The number of aromatic nitrogens is 3. The molecule has 0 aliphatic rings. The molecule has 0 aliphatic carbocycles. The topological polar surface area (TPSA) is 67.8 Å². The lowest BCUT2D eigenvalue weighted by atomic mass is 10.1. The van der Waals surface area contributed by atoms with Crippen LogP contribution in [0.15, 0.2) is 53.0 Å². The maximum absolute atomic E-state index is 12.9. The van der Waals surface area contributed by atoms with E-state index in [-0.39, 0.29) is 17.5 Å². The lowest BCUT2D eigenvalue weighted by molar-refractivity contribution is -0.113. The van der Waals surface area contributed by atoms with Gasteiger partial charge in [0.15, 0.2) is 5.13 Å². The summed E-state index contributed by atoms with van der Waals surface area (Å²) in [5.74, 6) is -0.209. The zero-order valence-corrected chi connectivity index (χ0v) is 13.4. The number of nitrogens with zero attached hydrogens (tertiary/aromatic N) is 3. The summed E-state index contributed by atoms with van der Waals surface area (Å²) in [6.45, 7) is 0. The number of rotatable bonds is 5. The van der Waals surface area contributed by atoms with Crippen molar-refractivity contribution in [2.75, 3.05) is 11.1 Å². The molecule has 0 fully saturated rings. The average Bonchev–Trinajstić information content (AvgIpc) is 3.07. The fourth-order valence-corrected chi connectivity index (χ4v) is 2.91. The number of benzene rings is 1. The number of hydrogen-bond acceptors (Lipinski definition) is 6. The van der Waals surface area contributed by atoms with Gasteiger partial charge in [0.1, 0.15) is 10.8 Å². The summed E-state index contributed by atoms with van der Waals surface area (Å²) >= 11 is 2.65. The molecule has 2 aromatic heterocycles. The zero-order valence-electron chi connectivity index (χ0n) is 11.8. The molecule has 0 bridgehead atoms. The number of carbonyl (C=O) groups is 1. The molecule has 23 heavy (non-hydrogen) atoms. The number of thioether (sulfide) groups is 1. The van der Waals surface area contributed by atoms with Gasteiger partial charge >= 0.3 is 0 Å². The number of anilines is 1. The average molecular weight is 346 g/mol. The molecular formula is C15H11FN4OS2. The van der Waals surface area contributed by atoms with E-state index < -0.39 is 0 Å². The molecule has 1 aromatic carbocycles. The molecule has 1 N–H and O–H groups in total. The van der Waals surface area contributed by atoms with E-state index in [0.29, 0.717) is 15.9 Å². The van der Waals surface area contributed by atoms with Gasteiger partial charge in [-0.05, 0) is 36.4 Å². The number of nitrogens with one attached hydrogen (secondary N) is 1. The van der Waals surface area contributed by atoms with Gasteiger partial charge in [-0.2, -0.15) is 0 Å². The van der Waals surface area contributed by atoms with E-state index in [2.05, 4.69) is 20.5 Å². The van der Waals surface area contributed by atoms with E-state index in [4.69, 9.17) is 0 Å². The molecule has 0 saturated carbocycles. The van der Waals surface area contributed by atoms with E-state index in [1.807, 2.05) is 0 Å². The Morgan fingerprint density at radius 1 is 1.17 bits per heavy atom. The molecule has 0 saturated heterocycles. The summed E-state index contributed by atoms with van der Waals surface area (Å²) in [5.41, 5.74) is 1.44. The van der Waals surface area contributed by atoms with Gasteiger partial charge in [-0.15, -0.1) is 21.5 Å². The summed E-state index contributed by atoms with van der Waals surface area (Å²) in [4.78, 5) is 15.7. The van der Waals surface area contributed by atoms with E-state index in [0.717, 1.165) is 5.56 Å². The van der Waals surface area contributed by atoms with Crippen molar-refractivity contribution in [1.82, 2.24) is 15.2 Å². The van der Waals surface area contributed by atoms with Crippen LogP contribution in [0, 0.1) is 5.82 Å². The van der Waals surface area contributed by atoms with Crippen molar-refractivity contribution in [3.63, 3.8) is 0 Å². The third-order valence-electron chi connectivity index (χ3n) is 2.81. The Morgan fingerprint density at radius 3 is 2.65 bits per heavy atom. The summed E-state index contributed by atoms with van der Waals surface area (Å²) in [6.07, 6.45) is 1.63. The van der Waals surface area contributed by atoms with E-state index in [1.165, 1.54) is 35.2 Å². The predicted octanol–water partition coefficient (Wildman–Crippen LogP) is 3.47. The Hall–Kier alpha value is -2.32. The first-order valence-electron chi connectivity index (χ1n) is 6.62. The minimum Gasteiger partial charge on any atom is -0.301 e. The lowest BCUT2D eigenvalue weighted by Gasteiger charge is -2.03. The molecule has 0 atom stereocenters. The van der Waals surface area contributed by atoms with Crippen LogP contribution in [0.25, 0.3) is 11.3 Å². The summed E-state index contributed by atoms with van der Waals surface area (Å²) in [6, 6.07) is 9.63. The van der Waals surface area contributed by atoms with Gasteiger partial charge in [-0.1, -0.05) is 11.8 Å². The smallest absolute Gasteiger partial charge is 0.236 e. The van der Waals surface area contributed by atoms with Crippen LogP contribution in [-0.4, -0.2) is 26.8 Å². The molecule has 2 heterocycles. The SMILES string of the molecule is O=C(CSc1ccc(-c2ccc(F)cc2)nn1)Nc1nccs1. The first kappa shape index (κ1) is 15.6. The molecule has 0 unspecified atom stereocenters. The lowest BCUT2D eigenvalue weighted by Crippen LogP contribution is -2.13. The molecule has 3 aromatic rings. The number of thiazole rings is 1. The number of halogens is 1. The van der Waals surface area contributed by atoms with E-state index >= 15 is 0 Å². The Balaban J connectivity index is 1.57. The molecule has 116 valence electrons. The van der Waals surface area contributed by atoms with Gasteiger partial charge in [0, 0.05) is 17.1 Å². The third kappa shape index (κ3) is 4.33. The van der Waals surface area contributed by atoms with Gasteiger partial charge in [0.25, 0.3) is 0 Å². The molecule has 0 aliphatic heterocycles. The highest BCUT2D eigenvalue weighted by Gasteiger charge is 2.07. The third-order valence-corrected chi connectivity index (χ3v) is 4.42. The Morgan fingerprint density at radius 2 is 2.00 bits per heavy atom. The Bertz CT molecular complexity index is 776. The summed E-state index contributed by atoms with van der Waals surface area (Å²) in [7, 11) is 0. The first-order valence-corrected chi connectivity index (χ1v) is 8.49. The van der Waals surface area contributed by atoms with Gasteiger partial charge in [0.05, 0.1) is 11.4 Å². The second-order valence-electron chi connectivity index (χ2n) is 4.44. The maximum Gasteiger partial charge on any atom is 0.236 e. The van der Waals surface area contributed by atoms with Crippen LogP contribution in [0.4, 0.5) is 9.52 Å². The van der Waals surface area contributed by atoms with Crippen LogP contribution in [0.3, 0.4) is 0 Å². The van der Waals surface area contributed by atoms with Gasteiger partial charge < -0.3 is 5.32 Å². The molecule has 8 heteroatoms. The highest BCUT2D eigenvalue weighted by Crippen LogP contribution is 2.20. The van der Waals surface area contributed by atoms with E-state index in [9.17, 15) is 9.18 Å². The van der Waals surface area contributed by atoms with Crippen molar-refractivity contribution in [2.24, 2.45) is 0 Å². The highest BCUT2D eigenvalue weighted by molar-refractivity contribution is 7.99. The minimum absolute atomic E-state index is 0.144. The first-order chi connectivity index (χ1) is 11.2. The van der Waals surface area contributed by atoms with Gasteiger partial charge in [-0.3, -0.25) is 4.79 Å². The molecule has 5 nitrogen and oxygen atoms in total. The van der Waals surface area contributed by atoms with Crippen LogP contribution < -0.4 is 5.32 Å². The minimum atomic E-state index is -0.292.